The Morgan fingerprint density at radius 3 is 1.83 bits per heavy atom. The predicted molar refractivity (Wildman–Crippen MR) is 121 cm³/mol. The van der Waals surface area contributed by atoms with Crippen LogP contribution < -0.4 is 4.74 Å². The maximum Gasteiger partial charge on any atom is 0.168 e. The van der Waals surface area contributed by atoms with Crippen molar-refractivity contribution >= 4 is 0 Å². The van der Waals surface area contributed by atoms with E-state index in [0.29, 0.717) is 11.7 Å². The fraction of sp³-hybridized carbons (Fsp3) is 0.778. The topological polar surface area (TPSA) is 9.23 Å². The summed E-state index contributed by atoms with van der Waals surface area (Å²) in [5, 5.41) is 0. The van der Waals surface area contributed by atoms with Gasteiger partial charge in [0.25, 0.3) is 0 Å². The van der Waals surface area contributed by atoms with Crippen LogP contribution >= 0.6 is 0 Å². The maximum atomic E-state index is 15.3. The second-order valence-electron chi connectivity index (χ2n) is 9.88. The van der Waals surface area contributed by atoms with Gasteiger partial charge in [0.15, 0.2) is 11.6 Å². The molecule has 0 aromatic heterocycles. The first-order valence-electron chi connectivity index (χ1n) is 12.5. The summed E-state index contributed by atoms with van der Waals surface area (Å²) in [5.74, 6) is 3.52. The Morgan fingerprint density at radius 1 is 0.793 bits per heavy atom. The van der Waals surface area contributed by atoms with Crippen LogP contribution in [0.2, 0.25) is 0 Å². The largest absolute Gasteiger partial charge is 0.493 e. The van der Waals surface area contributed by atoms with Crippen molar-refractivity contribution in [2.75, 3.05) is 7.11 Å². The molecule has 2 aliphatic carbocycles. The zero-order valence-corrected chi connectivity index (χ0v) is 19.1. The fourth-order valence-electron chi connectivity index (χ4n) is 6.08. The minimum absolute atomic E-state index is 0.0830. The molecule has 164 valence electrons. The highest BCUT2D eigenvalue weighted by Gasteiger charge is 2.27. The summed E-state index contributed by atoms with van der Waals surface area (Å²) in [4.78, 5) is 0. The van der Waals surface area contributed by atoms with Crippen LogP contribution in [0.25, 0.3) is 0 Å². The number of methoxy groups -OCH3 is 1. The number of benzene rings is 1. The third kappa shape index (κ3) is 5.98. The van der Waals surface area contributed by atoms with E-state index in [0.717, 1.165) is 41.7 Å². The van der Waals surface area contributed by atoms with Crippen LogP contribution in [-0.4, -0.2) is 7.11 Å². The monoisotopic (exact) mass is 402 g/mol. The van der Waals surface area contributed by atoms with E-state index in [4.69, 9.17) is 4.74 Å². The average molecular weight is 403 g/mol. The van der Waals surface area contributed by atoms with Crippen LogP contribution in [0.5, 0.6) is 5.75 Å². The minimum Gasteiger partial charge on any atom is -0.493 e. The van der Waals surface area contributed by atoms with E-state index in [1.54, 1.807) is 7.11 Å². The number of rotatable bonds is 9. The van der Waals surface area contributed by atoms with Crippen molar-refractivity contribution in [2.24, 2.45) is 17.8 Å². The minimum atomic E-state index is -0.0830. The highest BCUT2D eigenvalue weighted by atomic mass is 19.1. The van der Waals surface area contributed by atoms with Gasteiger partial charge in [0.2, 0.25) is 0 Å². The highest BCUT2D eigenvalue weighted by molar-refractivity contribution is 5.42. The molecule has 2 heteroatoms. The van der Waals surface area contributed by atoms with Crippen molar-refractivity contribution in [3.63, 3.8) is 0 Å². The molecule has 0 atom stereocenters. The lowest BCUT2D eigenvalue weighted by molar-refractivity contribution is 0.251. The molecule has 3 rings (SSSR count). The molecule has 1 aromatic rings. The number of hydrogen-bond donors (Lipinski definition) is 0. The summed E-state index contributed by atoms with van der Waals surface area (Å²) in [5.41, 5.74) is 1.98. The van der Waals surface area contributed by atoms with E-state index in [9.17, 15) is 0 Å². The van der Waals surface area contributed by atoms with Gasteiger partial charge in [0.05, 0.1) is 7.11 Å². The van der Waals surface area contributed by atoms with E-state index in [1.165, 1.54) is 77.0 Å². The van der Waals surface area contributed by atoms with Crippen LogP contribution in [0.3, 0.4) is 0 Å². The number of hydrogen-bond acceptors (Lipinski definition) is 1. The van der Waals surface area contributed by atoms with Gasteiger partial charge in [-0.15, -0.1) is 0 Å². The summed E-state index contributed by atoms with van der Waals surface area (Å²) < 4.78 is 20.9. The first-order chi connectivity index (χ1) is 14.2. The molecule has 1 nitrogen and oxygen atoms in total. The van der Waals surface area contributed by atoms with Gasteiger partial charge in [-0.3, -0.25) is 0 Å². The van der Waals surface area contributed by atoms with Crippen molar-refractivity contribution in [2.45, 2.75) is 110 Å². The predicted octanol–water partition coefficient (Wildman–Crippen LogP) is 8.45. The smallest absolute Gasteiger partial charge is 0.168 e. The van der Waals surface area contributed by atoms with Crippen molar-refractivity contribution in [1.82, 2.24) is 0 Å². The van der Waals surface area contributed by atoms with Crippen molar-refractivity contribution in [3.8, 4) is 5.75 Å². The highest BCUT2D eigenvalue weighted by Crippen LogP contribution is 2.42. The van der Waals surface area contributed by atoms with Crippen molar-refractivity contribution in [3.05, 3.63) is 29.1 Å². The van der Waals surface area contributed by atoms with Crippen LogP contribution in [0, 0.1) is 23.6 Å². The molecule has 2 saturated carbocycles. The molecular formula is C27H43FO. The van der Waals surface area contributed by atoms with Gasteiger partial charge in [0.1, 0.15) is 0 Å². The maximum absolute atomic E-state index is 15.3. The summed E-state index contributed by atoms with van der Waals surface area (Å²) in [6.07, 6.45) is 17.7. The quantitative estimate of drug-likeness (QED) is 0.402. The Morgan fingerprint density at radius 2 is 1.31 bits per heavy atom. The van der Waals surface area contributed by atoms with Gasteiger partial charge in [-0.25, -0.2) is 4.39 Å². The molecule has 0 spiro atoms. The zero-order chi connectivity index (χ0) is 20.6. The molecule has 0 radical (unpaired) electrons. The standard InChI is InChI=1S/C27H43FO/c1-4-6-20-8-10-22(11-9-20)14-17-24-18-19-25(27(29-3)26(24)28)23-15-12-21(7-5-2)13-16-23/h18-23H,4-17H2,1-3H3. The third-order valence-corrected chi connectivity index (χ3v) is 7.88. The van der Waals surface area contributed by atoms with Gasteiger partial charge < -0.3 is 4.74 Å². The molecular weight excluding hydrogens is 359 g/mol. The second kappa shape index (κ2) is 11.4. The summed E-state index contributed by atoms with van der Waals surface area (Å²) in [6, 6.07) is 4.24. The molecule has 2 aliphatic rings. The molecule has 0 unspecified atom stereocenters. The number of aryl methyl sites for hydroxylation is 1. The molecule has 2 fully saturated rings. The number of halogens is 1. The molecule has 0 heterocycles. The Labute approximate surface area is 178 Å². The van der Waals surface area contributed by atoms with Gasteiger partial charge >= 0.3 is 0 Å². The van der Waals surface area contributed by atoms with E-state index >= 15 is 4.39 Å². The van der Waals surface area contributed by atoms with Crippen LogP contribution in [0.1, 0.15) is 114 Å². The second-order valence-corrected chi connectivity index (χ2v) is 9.88. The molecule has 29 heavy (non-hydrogen) atoms. The molecule has 0 bridgehead atoms. The molecule has 0 amide bonds. The van der Waals surface area contributed by atoms with E-state index in [-0.39, 0.29) is 5.82 Å². The van der Waals surface area contributed by atoms with E-state index < -0.39 is 0 Å². The lowest BCUT2D eigenvalue weighted by atomic mass is 9.76. The normalized spacial score (nSPS) is 27.7. The van der Waals surface area contributed by atoms with E-state index in [2.05, 4.69) is 26.0 Å². The molecule has 0 N–H and O–H groups in total. The Bertz CT molecular complexity index is 609. The summed E-state index contributed by atoms with van der Waals surface area (Å²) in [6.45, 7) is 4.57. The van der Waals surface area contributed by atoms with Crippen LogP contribution in [0.15, 0.2) is 12.1 Å². The molecule has 1 aromatic carbocycles. The van der Waals surface area contributed by atoms with E-state index in [1.807, 2.05) is 0 Å². The summed E-state index contributed by atoms with van der Waals surface area (Å²) >= 11 is 0. The Balaban J connectivity index is 1.57. The van der Waals surface area contributed by atoms with Crippen LogP contribution in [-0.2, 0) is 6.42 Å². The molecule has 0 aliphatic heterocycles. The SMILES string of the molecule is CCCC1CCC(CCc2ccc(C3CCC(CCC)CC3)c(OC)c2F)CC1. The zero-order valence-electron chi connectivity index (χ0n) is 19.1. The van der Waals surface area contributed by atoms with Gasteiger partial charge in [-0.1, -0.05) is 77.3 Å². The van der Waals surface area contributed by atoms with Crippen molar-refractivity contribution < 1.29 is 9.13 Å². The fourth-order valence-corrected chi connectivity index (χ4v) is 6.08. The number of ether oxygens (including phenoxy) is 1. The Hall–Kier alpha value is -1.05. The molecule has 0 saturated heterocycles. The first-order valence-corrected chi connectivity index (χ1v) is 12.5. The Kier molecular flexibility index (Phi) is 8.87. The average Bonchev–Trinajstić information content (AvgIpc) is 2.75. The van der Waals surface area contributed by atoms with Crippen molar-refractivity contribution in [1.29, 1.82) is 0 Å². The van der Waals surface area contributed by atoms with Gasteiger partial charge in [-0.05, 0) is 67.8 Å². The van der Waals surface area contributed by atoms with Crippen LogP contribution in [0.4, 0.5) is 4.39 Å². The first kappa shape index (κ1) is 22.6. The lowest BCUT2D eigenvalue weighted by Crippen LogP contribution is -2.16. The lowest BCUT2D eigenvalue weighted by Gasteiger charge is -2.30. The van der Waals surface area contributed by atoms with Gasteiger partial charge in [-0.2, -0.15) is 0 Å². The summed E-state index contributed by atoms with van der Waals surface area (Å²) in [7, 11) is 1.64. The van der Waals surface area contributed by atoms with Gasteiger partial charge in [0, 0.05) is 5.56 Å². The third-order valence-electron chi connectivity index (χ3n) is 7.88.